The molecule has 2 aromatic carbocycles. The number of ether oxygens (including phenoxy) is 1. The summed E-state index contributed by atoms with van der Waals surface area (Å²) in [6.07, 6.45) is 3.70. The van der Waals surface area contributed by atoms with Crippen LogP contribution in [0.4, 0.5) is 0 Å². The zero-order valence-electron chi connectivity index (χ0n) is 16.3. The molecule has 0 bridgehead atoms. The first kappa shape index (κ1) is 22.7. The number of fused-ring (bicyclic) bond motifs is 1. The maximum atomic E-state index is 10.9. The molecule has 0 aliphatic rings. The Hall–Kier alpha value is -2.94. The van der Waals surface area contributed by atoms with Gasteiger partial charge in [-0.2, -0.15) is 0 Å². The highest BCUT2D eigenvalue weighted by Crippen LogP contribution is 2.28. The van der Waals surface area contributed by atoms with Gasteiger partial charge in [0.2, 0.25) is 5.88 Å². The lowest BCUT2D eigenvalue weighted by molar-refractivity contribution is -0.138. The summed E-state index contributed by atoms with van der Waals surface area (Å²) in [6.45, 7) is 0.678. The van der Waals surface area contributed by atoms with E-state index < -0.39 is 12.0 Å². The Morgan fingerprint density at radius 2 is 1.90 bits per heavy atom. The standard InChI is InChI=1S/C22H19BrN4O3.ClH/c23-16-3-1-2-15(10-16)12-27-9-8-18-20(27)25-13-26-21(18)30-17-6-4-14(5-7-17)11-19(24)22(28)29;/h1-10,13,19H,11-12,24H2,(H,28,29);1H/t19-;/m0./s1. The minimum Gasteiger partial charge on any atom is -0.480 e. The Bertz CT molecular complexity index is 1200. The number of carbonyl (C=O) groups is 1. The van der Waals surface area contributed by atoms with Crippen LogP contribution < -0.4 is 10.5 Å². The smallest absolute Gasteiger partial charge is 0.320 e. The van der Waals surface area contributed by atoms with Gasteiger partial charge in [0.05, 0.1) is 5.39 Å². The average Bonchev–Trinajstić information content (AvgIpc) is 3.13. The third-order valence-electron chi connectivity index (χ3n) is 4.67. The van der Waals surface area contributed by atoms with Gasteiger partial charge in [0.15, 0.2) is 0 Å². The van der Waals surface area contributed by atoms with Crippen LogP contribution in [0.2, 0.25) is 0 Å². The van der Waals surface area contributed by atoms with E-state index in [1.54, 1.807) is 24.3 Å². The van der Waals surface area contributed by atoms with Gasteiger partial charge < -0.3 is 20.1 Å². The molecule has 3 N–H and O–H groups in total. The molecule has 2 heterocycles. The largest absolute Gasteiger partial charge is 0.480 e. The number of aromatic nitrogens is 3. The highest BCUT2D eigenvalue weighted by Gasteiger charge is 2.13. The lowest BCUT2D eigenvalue weighted by atomic mass is 10.1. The van der Waals surface area contributed by atoms with Gasteiger partial charge in [0, 0.05) is 17.2 Å². The van der Waals surface area contributed by atoms with Crippen LogP contribution in [-0.4, -0.2) is 31.7 Å². The number of hydrogen-bond acceptors (Lipinski definition) is 5. The molecule has 0 saturated carbocycles. The monoisotopic (exact) mass is 502 g/mol. The molecule has 0 aliphatic carbocycles. The van der Waals surface area contributed by atoms with Crippen LogP contribution in [-0.2, 0) is 17.8 Å². The number of carboxylic acids is 1. The van der Waals surface area contributed by atoms with Crippen molar-refractivity contribution in [2.45, 2.75) is 19.0 Å². The number of hydrogen-bond donors (Lipinski definition) is 2. The van der Waals surface area contributed by atoms with E-state index >= 15 is 0 Å². The van der Waals surface area contributed by atoms with E-state index in [1.807, 2.05) is 29.0 Å². The summed E-state index contributed by atoms with van der Waals surface area (Å²) in [7, 11) is 0. The summed E-state index contributed by atoms with van der Waals surface area (Å²) in [5.74, 6) is 0.0384. The van der Waals surface area contributed by atoms with E-state index in [1.165, 1.54) is 6.33 Å². The minimum absolute atomic E-state index is 0. The molecule has 0 saturated heterocycles. The molecule has 7 nitrogen and oxygen atoms in total. The Kier molecular flexibility index (Phi) is 7.27. The van der Waals surface area contributed by atoms with Crippen molar-refractivity contribution in [3.05, 3.63) is 82.7 Å². The van der Waals surface area contributed by atoms with Crippen molar-refractivity contribution in [2.24, 2.45) is 5.73 Å². The number of carboxylic acid groups (broad SMARTS) is 1. The van der Waals surface area contributed by atoms with Gasteiger partial charge >= 0.3 is 5.97 Å². The van der Waals surface area contributed by atoms with Crippen LogP contribution in [0.3, 0.4) is 0 Å². The van der Waals surface area contributed by atoms with Crippen molar-refractivity contribution < 1.29 is 14.6 Å². The number of nitrogens with zero attached hydrogens (tertiary/aromatic N) is 3. The second-order valence-electron chi connectivity index (χ2n) is 6.88. The van der Waals surface area contributed by atoms with E-state index in [0.29, 0.717) is 18.2 Å². The first-order chi connectivity index (χ1) is 14.5. The summed E-state index contributed by atoms with van der Waals surface area (Å²) in [5, 5.41) is 9.74. The van der Waals surface area contributed by atoms with E-state index in [0.717, 1.165) is 26.6 Å². The predicted octanol–water partition coefficient (Wildman–Crippen LogP) is 4.41. The molecule has 9 heteroatoms. The van der Waals surface area contributed by atoms with Gasteiger partial charge in [-0.05, 0) is 47.9 Å². The SMILES string of the molecule is Cl.N[C@@H](Cc1ccc(Oc2ncnc3c2ccn3Cc2cccc(Br)c2)cc1)C(=O)O. The Morgan fingerprint density at radius 1 is 1.13 bits per heavy atom. The quantitative estimate of drug-likeness (QED) is 0.387. The molecule has 1 atom stereocenters. The van der Waals surface area contributed by atoms with Crippen LogP contribution in [0.25, 0.3) is 11.0 Å². The van der Waals surface area contributed by atoms with Crippen molar-refractivity contribution in [3.63, 3.8) is 0 Å². The first-order valence-electron chi connectivity index (χ1n) is 9.29. The van der Waals surface area contributed by atoms with E-state index in [9.17, 15) is 4.79 Å². The second kappa shape index (κ2) is 9.91. The summed E-state index contributed by atoms with van der Waals surface area (Å²) in [5.41, 5.74) is 8.34. The highest BCUT2D eigenvalue weighted by atomic mass is 79.9. The molecule has 0 amide bonds. The third-order valence-corrected chi connectivity index (χ3v) is 5.17. The molecule has 4 rings (SSSR count). The summed E-state index contributed by atoms with van der Waals surface area (Å²) in [6, 6.07) is 16.3. The number of nitrogens with two attached hydrogens (primary N) is 1. The van der Waals surface area contributed by atoms with E-state index in [4.69, 9.17) is 15.6 Å². The molecule has 160 valence electrons. The molecule has 0 fully saturated rings. The predicted molar refractivity (Wildman–Crippen MR) is 124 cm³/mol. The van der Waals surface area contributed by atoms with Crippen LogP contribution in [0.1, 0.15) is 11.1 Å². The van der Waals surface area contributed by atoms with Crippen molar-refractivity contribution in [3.8, 4) is 11.6 Å². The normalized spacial score (nSPS) is 11.7. The number of benzene rings is 2. The third kappa shape index (κ3) is 5.41. The highest BCUT2D eigenvalue weighted by molar-refractivity contribution is 9.10. The van der Waals surface area contributed by atoms with E-state index in [-0.39, 0.29) is 18.8 Å². The maximum absolute atomic E-state index is 10.9. The average molecular weight is 504 g/mol. The topological polar surface area (TPSA) is 103 Å². The van der Waals surface area contributed by atoms with Gasteiger partial charge in [-0.3, -0.25) is 4.79 Å². The van der Waals surface area contributed by atoms with Gasteiger partial charge in [-0.25, -0.2) is 9.97 Å². The number of halogens is 2. The summed E-state index contributed by atoms with van der Waals surface area (Å²) in [4.78, 5) is 19.6. The van der Waals surface area contributed by atoms with Crippen LogP contribution in [0.15, 0.2) is 71.6 Å². The molecule has 0 radical (unpaired) electrons. The zero-order valence-corrected chi connectivity index (χ0v) is 18.7. The lowest BCUT2D eigenvalue weighted by Gasteiger charge is -2.09. The van der Waals surface area contributed by atoms with Gasteiger partial charge in [-0.15, -0.1) is 12.4 Å². The fraction of sp³-hybridized carbons (Fsp3) is 0.136. The fourth-order valence-electron chi connectivity index (χ4n) is 3.17. The van der Waals surface area contributed by atoms with Gasteiger partial charge in [0.25, 0.3) is 0 Å². The fourth-order valence-corrected chi connectivity index (χ4v) is 3.61. The molecule has 4 aromatic rings. The molecule has 2 aromatic heterocycles. The van der Waals surface area contributed by atoms with Crippen LogP contribution >= 0.6 is 28.3 Å². The zero-order chi connectivity index (χ0) is 21.1. The first-order valence-corrected chi connectivity index (χ1v) is 10.1. The summed E-state index contributed by atoms with van der Waals surface area (Å²) >= 11 is 3.50. The molecule has 0 unspecified atom stereocenters. The Balaban J connectivity index is 0.00000272. The van der Waals surface area contributed by atoms with E-state index in [2.05, 4.69) is 38.0 Å². The van der Waals surface area contributed by atoms with Gasteiger partial charge in [0.1, 0.15) is 23.8 Å². The van der Waals surface area contributed by atoms with Crippen LogP contribution in [0.5, 0.6) is 11.6 Å². The van der Waals surface area contributed by atoms with Crippen molar-refractivity contribution in [1.29, 1.82) is 0 Å². The number of rotatable bonds is 7. The summed E-state index contributed by atoms with van der Waals surface area (Å²) < 4.78 is 9.04. The molecule has 31 heavy (non-hydrogen) atoms. The van der Waals surface area contributed by atoms with Crippen LogP contribution in [0, 0.1) is 0 Å². The minimum atomic E-state index is -1.02. The lowest BCUT2D eigenvalue weighted by Crippen LogP contribution is -2.32. The Labute approximate surface area is 193 Å². The molecular weight excluding hydrogens is 484 g/mol. The van der Waals surface area contributed by atoms with Crippen molar-refractivity contribution >= 4 is 45.3 Å². The molecular formula is C22H20BrClN4O3. The maximum Gasteiger partial charge on any atom is 0.320 e. The molecule has 0 spiro atoms. The molecule has 0 aliphatic heterocycles. The van der Waals surface area contributed by atoms with Crippen molar-refractivity contribution in [1.82, 2.24) is 14.5 Å². The Morgan fingerprint density at radius 3 is 2.61 bits per heavy atom. The van der Waals surface area contributed by atoms with Crippen molar-refractivity contribution in [2.75, 3.05) is 0 Å². The second-order valence-corrected chi connectivity index (χ2v) is 7.80. The van der Waals surface area contributed by atoms with Gasteiger partial charge in [-0.1, -0.05) is 40.2 Å². The number of aliphatic carboxylic acids is 1.